The number of nitrogens with zero attached hydrogens (tertiary/aromatic N) is 4. The Bertz CT molecular complexity index is 782. The maximum absolute atomic E-state index is 14.0. The lowest BCUT2D eigenvalue weighted by atomic mass is 10.2. The van der Waals surface area contributed by atoms with E-state index in [1.807, 2.05) is 0 Å². The number of aromatic nitrogens is 3. The van der Waals surface area contributed by atoms with Crippen LogP contribution in [0.4, 0.5) is 14.9 Å². The summed E-state index contributed by atoms with van der Waals surface area (Å²) in [6.45, 7) is 3.08. The Morgan fingerprint density at radius 1 is 1.35 bits per heavy atom. The fourth-order valence-electron chi connectivity index (χ4n) is 2.61. The van der Waals surface area contributed by atoms with Gasteiger partial charge in [0.2, 0.25) is 5.91 Å². The number of amides is 3. The van der Waals surface area contributed by atoms with Crippen LogP contribution in [0.3, 0.4) is 0 Å². The molecule has 2 aromatic rings. The van der Waals surface area contributed by atoms with Crippen molar-refractivity contribution in [1.82, 2.24) is 25.0 Å². The molecule has 1 aliphatic heterocycles. The van der Waals surface area contributed by atoms with E-state index in [2.05, 4.69) is 20.8 Å². The third-order valence-electron chi connectivity index (χ3n) is 3.99. The zero-order valence-electron chi connectivity index (χ0n) is 14.2. The summed E-state index contributed by atoms with van der Waals surface area (Å²) in [6, 6.07) is 3.72. The molecule has 1 saturated heterocycles. The van der Waals surface area contributed by atoms with E-state index in [1.165, 1.54) is 31.7 Å². The van der Waals surface area contributed by atoms with Crippen molar-refractivity contribution in [1.29, 1.82) is 0 Å². The van der Waals surface area contributed by atoms with Crippen LogP contribution in [-0.2, 0) is 9.53 Å². The molecule has 1 aromatic carbocycles. The number of hydrogen-bond acceptors (Lipinski definition) is 5. The van der Waals surface area contributed by atoms with Crippen LogP contribution in [0.2, 0.25) is 0 Å². The lowest BCUT2D eigenvalue weighted by Crippen LogP contribution is -2.49. The molecule has 0 saturated carbocycles. The molecule has 0 bridgehead atoms. The number of carbonyl (C=O) groups is 2. The molecular formula is C16H19FN6O3. The Labute approximate surface area is 149 Å². The maximum atomic E-state index is 14.0. The van der Waals surface area contributed by atoms with Gasteiger partial charge in [-0.3, -0.25) is 9.36 Å². The molecule has 10 heteroatoms. The Kier molecular flexibility index (Phi) is 5.42. The van der Waals surface area contributed by atoms with Gasteiger partial charge < -0.3 is 20.3 Å². The summed E-state index contributed by atoms with van der Waals surface area (Å²) in [4.78, 5) is 25.1. The van der Waals surface area contributed by atoms with Crippen molar-refractivity contribution >= 4 is 17.6 Å². The van der Waals surface area contributed by atoms with Gasteiger partial charge in [0.15, 0.2) is 0 Å². The molecular weight excluding hydrogens is 343 g/mol. The van der Waals surface area contributed by atoms with Crippen molar-refractivity contribution in [3.05, 3.63) is 36.7 Å². The number of hydrogen-bond donors (Lipinski definition) is 2. The van der Waals surface area contributed by atoms with Crippen LogP contribution in [0.25, 0.3) is 5.69 Å². The monoisotopic (exact) mass is 362 g/mol. The lowest BCUT2D eigenvalue weighted by molar-refractivity contribution is -0.136. The zero-order valence-corrected chi connectivity index (χ0v) is 14.2. The number of benzene rings is 1. The maximum Gasteiger partial charge on any atom is 0.319 e. The molecule has 0 aliphatic carbocycles. The van der Waals surface area contributed by atoms with Gasteiger partial charge in [0.05, 0.1) is 24.1 Å². The average molecular weight is 362 g/mol. The summed E-state index contributed by atoms with van der Waals surface area (Å²) in [7, 11) is 0. The van der Waals surface area contributed by atoms with Crippen molar-refractivity contribution in [3.63, 3.8) is 0 Å². The standard InChI is InChI=1S/C16H19FN6O3/c1-11(24)22-4-5-26-13(8-22)7-18-16(25)21-15-6-12(2-3-14(15)17)23-9-19-20-10-23/h2-3,6,9-10,13H,4-5,7-8H2,1H3,(H2,18,21,25)/t13-/m1/s1. The highest BCUT2D eigenvalue weighted by atomic mass is 19.1. The highest BCUT2D eigenvalue weighted by Gasteiger charge is 2.22. The molecule has 9 nitrogen and oxygen atoms in total. The third-order valence-corrected chi connectivity index (χ3v) is 3.99. The first-order valence-corrected chi connectivity index (χ1v) is 8.09. The number of urea groups is 1. The fraction of sp³-hybridized carbons (Fsp3) is 0.375. The van der Waals surface area contributed by atoms with E-state index in [1.54, 1.807) is 15.5 Å². The van der Waals surface area contributed by atoms with Gasteiger partial charge in [-0.25, -0.2) is 9.18 Å². The Morgan fingerprint density at radius 2 is 2.12 bits per heavy atom. The molecule has 138 valence electrons. The molecule has 1 fully saturated rings. The predicted molar refractivity (Wildman–Crippen MR) is 90.3 cm³/mol. The SMILES string of the molecule is CC(=O)N1CCO[C@H](CNC(=O)Nc2cc(-n3cnnc3)ccc2F)C1. The van der Waals surface area contributed by atoms with E-state index >= 15 is 0 Å². The van der Waals surface area contributed by atoms with Crippen molar-refractivity contribution in [2.45, 2.75) is 13.0 Å². The Morgan fingerprint density at radius 3 is 2.85 bits per heavy atom. The van der Waals surface area contributed by atoms with E-state index in [-0.39, 0.29) is 24.2 Å². The summed E-state index contributed by atoms with van der Waals surface area (Å²) in [5, 5.41) is 12.5. The molecule has 2 N–H and O–H groups in total. The van der Waals surface area contributed by atoms with Gasteiger partial charge in [0.25, 0.3) is 0 Å². The van der Waals surface area contributed by atoms with E-state index in [0.29, 0.717) is 25.4 Å². The minimum atomic E-state index is -0.562. The summed E-state index contributed by atoms with van der Waals surface area (Å²) in [5.74, 6) is -0.593. The molecule has 1 aromatic heterocycles. The van der Waals surface area contributed by atoms with Gasteiger partial charge in [-0.1, -0.05) is 0 Å². The first-order chi connectivity index (χ1) is 12.5. The van der Waals surface area contributed by atoms with Gasteiger partial charge in [-0.15, -0.1) is 10.2 Å². The van der Waals surface area contributed by atoms with Gasteiger partial charge in [-0.2, -0.15) is 0 Å². The summed E-state index contributed by atoms with van der Waals surface area (Å²) in [6.07, 6.45) is 2.64. The normalized spacial score (nSPS) is 17.0. The molecule has 2 heterocycles. The minimum absolute atomic E-state index is 0.0311. The van der Waals surface area contributed by atoms with Crippen molar-refractivity contribution in [2.75, 3.05) is 31.6 Å². The van der Waals surface area contributed by atoms with E-state index in [4.69, 9.17) is 4.74 Å². The van der Waals surface area contributed by atoms with Crippen LogP contribution < -0.4 is 10.6 Å². The predicted octanol–water partition coefficient (Wildman–Crippen LogP) is 0.775. The summed E-state index contributed by atoms with van der Waals surface area (Å²) < 4.78 is 21.1. The molecule has 0 unspecified atom stereocenters. The molecule has 3 amide bonds. The topological polar surface area (TPSA) is 101 Å². The summed E-state index contributed by atoms with van der Waals surface area (Å²) >= 11 is 0. The fourth-order valence-corrected chi connectivity index (χ4v) is 2.61. The number of halogens is 1. The van der Waals surface area contributed by atoms with Gasteiger partial charge in [-0.05, 0) is 18.2 Å². The van der Waals surface area contributed by atoms with Crippen LogP contribution in [0.15, 0.2) is 30.9 Å². The van der Waals surface area contributed by atoms with Crippen LogP contribution in [0.1, 0.15) is 6.92 Å². The number of carbonyl (C=O) groups excluding carboxylic acids is 2. The number of rotatable bonds is 4. The first-order valence-electron chi connectivity index (χ1n) is 8.09. The molecule has 1 aliphatic rings. The van der Waals surface area contributed by atoms with E-state index in [0.717, 1.165) is 0 Å². The minimum Gasteiger partial charge on any atom is -0.373 e. The third kappa shape index (κ3) is 4.33. The van der Waals surface area contributed by atoms with Crippen molar-refractivity contribution < 1.29 is 18.7 Å². The Hall–Kier alpha value is -3.01. The molecule has 26 heavy (non-hydrogen) atoms. The van der Waals surface area contributed by atoms with Crippen LogP contribution >= 0.6 is 0 Å². The number of nitrogens with one attached hydrogen (secondary N) is 2. The molecule has 3 rings (SSSR count). The first kappa shape index (κ1) is 17.8. The van der Waals surface area contributed by atoms with Crippen LogP contribution in [-0.4, -0.2) is 63.9 Å². The van der Waals surface area contributed by atoms with Gasteiger partial charge in [0, 0.05) is 26.6 Å². The van der Waals surface area contributed by atoms with Crippen molar-refractivity contribution in [2.24, 2.45) is 0 Å². The number of anilines is 1. The second-order valence-corrected chi connectivity index (χ2v) is 5.83. The largest absolute Gasteiger partial charge is 0.373 e. The van der Waals surface area contributed by atoms with Gasteiger partial charge in [0.1, 0.15) is 18.5 Å². The quantitative estimate of drug-likeness (QED) is 0.837. The lowest BCUT2D eigenvalue weighted by Gasteiger charge is -2.32. The Balaban J connectivity index is 1.56. The zero-order chi connectivity index (χ0) is 18.5. The van der Waals surface area contributed by atoms with Crippen molar-refractivity contribution in [3.8, 4) is 5.69 Å². The second kappa shape index (κ2) is 7.91. The van der Waals surface area contributed by atoms with Gasteiger partial charge >= 0.3 is 6.03 Å². The average Bonchev–Trinajstić information content (AvgIpc) is 3.17. The second-order valence-electron chi connectivity index (χ2n) is 5.83. The molecule has 1 atom stereocenters. The summed E-state index contributed by atoms with van der Waals surface area (Å²) in [5.41, 5.74) is 0.642. The smallest absolute Gasteiger partial charge is 0.319 e. The highest BCUT2D eigenvalue weighted by Crippen LogP contribution is 2.18. The van der Waals surface area contributed by atoms with Crippen LogP contribution in [0.5, 0.6) is 0 Å². The van der Waals surface area contributed by atoms with E-state index < -0.39 is 11.8 Å². The number of ether oxygens (including phenoxy) is 1. The molecule has 0 radical (unpaired) electrons. The van der Waals surface area contributed by atoms with E-state index in [9.17, 15) is 14.0 Å². The highest BCUT2D eigenvalue weighted by molar-refractivity contribution is 5.89. The molecule has 0 spiro atoms. The van der Waals surface area contributed by atoms with Crippen LogP contribution in [0, 0.1) is 5.82 Å². The number of morpholine rings is 1.